The lowest BCUT2D eigenvalue weighted by Crippen LogP contribution is -2.49. The number of sulfonamides is 1. The van der Waals surface area contributed by atoms with Crippen molar-refractivity contribution in [2.75, 3.05) is 24.7 Å². The molecule has 1 N–H and O–H groups in total. The molecule has 1 saturated heterocycles. The van der Waals surface area contributed by atoms with E-state index in [4.69, 9.17) is 4.74 Å². The number of aromatic nitrogens is 1. The Morgan fingerprint density at radius 2 is 2.15 bits per heavy atom. The minimum atomic E-state index is -3.45. The summed E-state index contributed by atoms with van der Waals surface area (Å²) in [5.41, 5.74) is 1.06. The molecule has 1 amide bonds. The van der Waals surface area contributed by atoms with Gasteiger partial charge in [0.2, 0.25) is 15.9 Å². The van der Waals surface area contributed by atoms with E-state index < -0.39 is 22.0 Å². The van der Waals surface area contributed by atoms with Gasteiger partial charge in [-0.05, 0) is 38.0 Å². The number of fused-ring (bicyclic) bond motifs is 1. The van der Waals surface area contributed by atoms with Crippen LogP contribution in [0.1, 0.15) is 36.5 Å². The minimum absolute atomic E-state index is 0.291. The molecule has 3 rings (SSSR count). The van der Waals surface area contributed by atoms with Crippen LogP contribution in [0.2, 0.25) is 0 Å². The van der Waals surface area contributed by atoms with Crippen LogP contribution in [0.15, 0.2) is 18.2 Å². The second-order valence-electron chi connectivity index (χ2n) is 6.30. The lowest BCUT2D eigenvalue weighted by atomic mass is 10.0. The van der Waals surface area contributed by atoms with E-state index in [1.807, 2.05) is 0 Å². The Morgan fingerprint density at radius 3 is 2.85 bits per heavy atom. The number of piperidine rings is 1. The zero-order chi connectivity index (χ0) is 19.6. The third kappa shape index (κ3) is 4.45. The predicted molar refractivity (Wildman–Crippen MR) is 103 cm³/mol. The molecule has 0 aliphatic carbocycles. The van der Waals surface area contributed by atoms with Crippen molar-refractivity contribution in [1.82, 2.24) is 9.29 Å². The summed E-state index contributed by atoms with van der Waals surface area (Å²) in [6.45, 7) is 2.38. The molecular weight excluding hydrogens is 390 g/mol. The van der Waals surface area contributed by atoms with E-state index in [1.54, 1.807) is 25.1 Å². The number of hydrogen-bond acceptors (Lipinski definition) is 7. The van der Waals surface area contributed by atoms with E-state index in [2.05, 4.69) is 10.3 Å². The van der Waals surface area contributed by atoms with Crippen LogP contribution in [-0.2, 0) is 19.6 Å². The van der Waals surface area contributed by atoms with E-state index >= 15 is 0 Å². The molecule has 0 bridgehead atoms. The average molecular weight is 412 g/mol. The van der Waals surface area contributed by atoms with E-state index in [9.17, 15) is 18.0 Å². The van der Waals surface area contributed by atoms with Crippen LogP contribution in [0, 0.1) is 0 Å². The lowest BCUT2D eigenvalue weighted by molar-refractivity contribution is -0.120. The van der Waals surface area contributed by atoms with Gasteiger partial charge in [0.25, 0.3) is 0 Å². The van der Waals surface area contributed by atoms with Crippen molar-refractivity contribution in [2.45, 2.75) is 32.2 Å². The van der Waals surface area contributed by atoms with Crippen LogP contribution in [0.4, 0.5) is 5.13 Å². The SMILES string of the molecule is CCOC(=O)c1ccc2nc(NC(=O)C3CCCCN3S(C)(=O)=O)sc2c1. The summed E-state index contributed by atoms with van der Waals surface area (Å²) in [6.07, 6.45) is 3.14. The zero-order valence-electron chi connectivity index (χ0n) is 15.1. The van der Waals surface area contributed by atoms with Crippen LogP contribution < -0.4 is 5.32 Å². The normalized spacial score (nSPS) is 18.4. The van der Waals surface area contributed by atoms with Gasteiger partial charge in [-0.1, -0.05) is 17.8 Å². The van der Waals surface area contributed by atoms with Gasteiger partial charge in [0.15, 0.2) is 5.13 Å². The number of nitrogens with one attached hydrogen (secondary N) is 1. The summed E-state index contributed by atoms with van der Waals surface area (Å²) in [7, 11) is -3.45. The fraction of sp³-hybridized carbons (Fsp3) is 0.471. The van der Waals surface area contributed by atoms with Crippen LogP contribution >= 0.6 is 11.3 Å². The average Bonchev–Trinajstić information content (AvgIpc) is 3.02. The van der Waals surface area contributed by atoms with Crippen molar-refractivity contribution >= 4 is 48.6 Å². The molecule has 8 nitrogen and oxygen atoms in total. The number of rotatable bonds is 5. The summed E-state index contributed by atoms with van der Waals surface area (Å²) >= 11 is 1.23. The second kappa shape index (κ2) is 7.91. The van der Waals surface area contributed by atoms with E-state index in [-0.39, 0.29) is 5.91 Å². The molecule has 2 heterocycles. The number of amides is 1. The van der Waals surface area contributed by atoms with Gasteiger partial charge in [0.05, 0.1) is 28.6 Å². The minimum Gasteiger partial charge on any atom is -0.462 e. The van der Waals surface area contributed by atoms with Crippen molar-refractivity contribution in [3.63, 3.8) is 0 Å². The third-order valence-corrected chi connectivity index (χ3v) is 6.53. The lowest BCUT2D eigenvalue weighted by Gasteiger charge is -2.32. The number of carbonyl (C=O) groups is 2. The first kappa shape index (κ1) is 19.7. The highest BCUT2D eigenvalue weighted by atomic mass is 32.2. The number of esters is 1. The molecule has 1 atom stereocenters. The molecule has 1 fully saturated rings. The molecule has 2 aromatic rings. The smallest absolute Gasteiger partial charge is 0.338 e. The first-order valence-electron chi connectivity index (χ1n) is 8.65. The molecule has 1 aromatic heterocycles. The van der Waals surface area contributed by atoms with E-state index in [0.717, 1.165) is 23.8 Å². The monoisotopic (exact) mass is 411 g/mol. The summed E-state index contributed by atoms with van der Waals surface area (Å²) in [5.74, 6) is -0.797. The molecule has 1 unspecified atom stereocenters. The van der Waals surface area contributed by atoms with Crippen molar-refractivity contribution in [1.29, 1.82) is 0 Å². The van der Waals surface area contributed by atoms with E-state index in [1.165, 1.54) is 15.6 Å². The fourth-order valence-electron chi connectivity index (χ4n) is 3.07. The Bertz CT molecular complexity index is 970. The van der Waals surface area contributed by atoms with Gasteiger partial charge in [-0.3, -0.25) is 4.79 Å². The Morgan fingerprint density at radius 1 is 1.37 bits per heavy atom. The fourth-order valence-corrected chi connectivity index (χ4v) is 5.10. The van der Waals surface area contributed by atoms with Crippen molar-refractivity contribution < 1.29 is 22.7 Å². The maximum Gasteiger partial charge on any atom is 0.338 e. The number of hydrogen-bond donors (Lipinski definition) is 1. The highest BCUT2D eigenvalue weighted by molar-refractivity contribution is 7.88. The van der Waals surface area contributed by atoms with Crippen molar-refractivity contribution in [2.24, 2.45) is 0 Å². The van der Waals surface area contributed by atoms with Gasteiger partial charge in [0.1, 0.15) is 6.04 Å². The van der Waals surface area contributed by atoms with Gasteiger partial charge in [0, 0.05) is 6.54 Å². The van der Waals surface area contributed by atoms with Crippen LogP contribution in [0.25, 0.3) is 10.2 Å². The maximum atomic E-state index is 12.6. The highest BCUT2D eigenvalue weighted by Gasteiger charge is 2.34. The van der Waals surface area contributed by atoms with Crippen molar-refractivity contribution in [3.8, 4) is 0 Å². The topological polar surface area (TPSA) is 106 Å². The van der Waals surface area contributed by atoms with Crippen LogP contribution in [-0.4, -0.2) is 55.0 Å². The molecule has 1 aromatic carbocycles. The second-order valence-corrected chi connectivity index (χ2v) is 9.26. The molecule has 0 spiro atoms. The molecule has 10 heteroatoms. The Labute approximate surface area is 161 Å². The first-order chi connectivity index (χ1) is 12.8. The number of anilines is 1. The van der Waals surface area contributed by atoms with Gasteiger partial charge < -0.3 is 10.1 Å². The quantitative estimate of drug-likeness (QED) is 0.757. The molecular formula is C17H21N3O5S2. The molecule has 0 radical (unpaired) electrons. The molecule has 146 valence electrons. The summed E-state index contributed by atoms with van der Waals surface area (Å²) in [6, 6.07) is 4.26. The standard InChI is InChI=1S/C17H21N3O5S2/c1-3-25-16(22)11-7-8-12-14(10-11)26-17(18-12)19-15(21)13-6-4-5-9-20(13)27(2,23)24/h7-8,10,13H,3-6,9H2,1-2H3,(H,18,19,21). The van der Waals surface area contributed by atoms with E-state index in [0.29, 0.717) is 35.8 Å². The predicted octanol–water partition coefficient (Wildman–Crippen LogP) is 2.23. The van der Waals surface area contributed by atoms with Gasteiger partial charge in [-0.15, -0.1) is 0 Å². The van der Waals surface area contributed by atoms with Crippen LogP contribution in [0.3, 0.4) is 0 Å². The number of benzene rings is 1. The zero-order valence-corrected chi connectivity index (χ0v) is 16.7. The van der Waals surface area contributed by atoms with Gasteiger partial charge in [-0.2, -0.15) is 4.31 Å². The first-order valence-corrected chi connectivity index (χ1v) is 11.3. The largest absolute Gasteiger partial charge is 0.462 e. The van der Waals surface area contributed by atoms with Gasteiger partial charge in [-0.25, -0.2) is 18.2 Å². The number of nitrogens with zero attached hydrogens (tertiary/aromatic N) is 2. The third-order valence-electron chi connectivity index (χ3n) is 4.31. The molecule has 0 saturated carbocycles. The Hall–Kier alpha value is -2.04. The molecule has 1 aliphatic heterocycles. The summed E-state index contributed by atoms with van der Waals surface area (Å²) in [4.78, 5) is 28.8. The van der Waals surface area contributed by atoms with Gasteiger partial charge >= 0.3 is 5.97 Å². The highest BCUT2D eigenvalue weighted by Crippen LogP contribution is 2.28. The summed E-state index contributed by atoms with van der Waals surface area (Å²) in [5, 5.41) is 3.09. The number of carbonyl (C=O) groups excluding carboxylic acids is 2. The van der Waals surface area contributed by atoms with Crippen LogP contribution in [0.5, 0.6) is 0 Å². The van der Waals surface area contributed by atoms with Crippen molar-refractivity contribution in [3.05, 3.63) is 23.8 Å². The summed E-state index contributed by atoms with van der Waals surface area (Å²) < 4.78 is 30.8. The number of thiazole rings is 1. The molecule has 27 heavy (non-hydrogen) atoms. The Kier molecular flexibility index (Phi) is 5.78. The Balaban J connectivity index is 1.79. The molecule has 1 aliphatic rings. The maximum absolute atomic E-state index is 12.6. The number of ether oxygens (including phenoxy) is 1.